The van der Waals surface area contributed by atoms with Gasteiger partial charge in [-0.1, -0.05) is 0 Å². The fourth-order valence-electron chi connectivity index (χ4n) is 1.88. The third-order valence-electron chi connectivity index (χ3n) is 2.92. The summed E-state index contributed by atoms with van der Waals surface area (Å²) in [5.74, 6) is 0.573. The molecule has 1 heterocycles. The van der Waals surface area contributed by atoms with Gasteiger partial charge in [-0.05, 0) is 6.92 Å². The zero-order valence-corrected chi connectivity index (χ0v) is 12.7. The monoisotopic (exact) mass is 299 g/mol. The van der Waals surface area contributed by atoms with Crippen LogP contribution in [0, 0.1) is 10.1 Å². The molecule has 0 fully saturated rings. The number of ether oxygens (including phenoxy) is 2. The smallest absolute Gasteiger partial charge is 0.329 e. The van der Waals surface area contributed by atoms with Crippen molar-refractivity contribution < 1.29 is 14.4 Å². The summed E-state index contributed by atoms with van der Waals surface area (Å²) >= 11 is 0. The summed E-state index contributed by atoms with van der Waals surface area (Å²) in [5.41, 5.74) is -0.145. The number of nitrogens with one attached hydrogen (secondary N) is 1. The van der Waals surface area contributed by atoms with Crippen LogP contribution in [-0.2, 0) is 9.47 Å². The van der Waals surface area contributed by atoms with Crippen LogP contribution in [0.4, 0.5) is 17.5 Å². The average Bonchev–Trinajstić information content (AvgIpc) is 2.47. The molecule has 1 aromatic heterocycles. The van der Waals surface area contributed by atoms with E-state index in [9.17, 15) is 10.1 Å². The molecule has 1 N–H and O–H groups in total. The fraction of sp³-hybridized carbons (Fsp3) is 0.667. The third-order valence-corrected chi connectivity index (χ3v) is 2.92. The van der Waals surface area contributed by atoms with Crippen LogP contribution in [0.1, 0.15) is 6.92 Å². The first kappa shape index (κ1) is 17.1. The number of nitrogens with zero attached hydrogens (tertiary/aromatic N) is 4. The van der Waals surface area contributed by atoms with Gasteiger partial charge in [0.25, 0.3) is 0 Å². The number of hydrogen-bond acceptors (Lipinski definition) is 8. The molecule has 0 radical (unpaired) electrons. The van der Waals surface area contributed by atoms with E-state index >= 15 is 0 Å². The Morgan fingerprint density at radius 1 is 1.48 bits per heavy atom. The molecule has 118 valence electrons. The lowest BCUT2D eigenvalue weighted by molar-refractivity contribution is -0.384. The van der Waals surface area contributed by atoms with Crippen LogP contribution in [0.25, 0.3) is 0 Å². The largest absolute Gasteiger partial charge is 0.383 e. The van der Waals surface area contributed by atoms with Crippen LogP contribution < -0.4 is 10.2 Å². The summed E-state index contributed by atoms with van der Waals surface area (Å²) in [6.45, 7) is 3.20. The first-order chi connectivity index (χ1) is 10.0. The minimum Gasteiger partial charge on any atom is -0.383 e. The molecule has 1 unspecified atom stereocenters. The summed E-state index contributed by atoms with van der Waals surface area (Å²) in [7, 11) is 4.81. The Hall–Kier alpha value is -2.00. The van der Waals surface area contributed by atoms with E-state index in [0.717, 1.165) is 0 Å². The summed E-state index contributed by atoms with van der Waals surface area (Å²) in [5, 5.41) is 14.0. The summed E-state index contributed by atoms with van der Waals surface area (Å²) in [6.07, 6.45) is 1.20. The highest BCUT2D eigenvalue weighted by Crippen LogP contribution is 2.27. The Morgan fingerprint density at radius 3 is 2.71 bits per heavy atom. The third kappa shape index (κ3) is 4.50. The van der Waals surface area contributed by atoms with Crippen LogP contribution in [0.15, 0.2) is 6.20 Å². The second-order valence-corrected chi connectivity index (χ2v) is 4.40. The van der Waals surface area contributed by atoms with Crippen molar-refractivity contribution in [2.24, 2.45) is 0 Å². The summed E-state index contributed by atoms with van der Waals surface area (Å²) in [4.78, 5) is 20.6. The Morgan fingerprint density at radius 2 is 2.19 bits per heavy atom. The molecule has 0 aromatic carbocycles. The van der Waals surface area contributed by atoms with E-state index < -0.39 is 4.92 Å². The van der Waals surface area contributed by atoms with Gasteiger partial charge in [-0.3, -0.25) is 10.1 Å². The lowest BCUT2D eigenvalue weighted by Crippen LogP contribution is -2.39. The molecule has 0 spiro atoms. The van der Waals surface area contributed by atoms with Gasteiger partial charge < -0.3 is 19.7 Å². The molecule has 1 rings (SSSR count). The Balaban J connectivity index is 3.22. The van der Waals surface area contributed by atoms with Crippen LogP contribution in [0.2, 0.25) is 0 Å². The topological polar surface area (TPSA) is 103 Å². The minimum atomic E-state index is -0.492. The molecule has 1 atom stereocenters. The first-order valence-electron chi connectivity index (χ1n) is 6.48. The Bertz CT molecular complexity index is 471. The highest BCUT2D eigenvalue weighted by Gasteiger charge is 2.26. The van der Waals surface area contributed by atoms with Gasteiger partial charge in [0.1, 0.15) is 6.20 Å². The number of hydrogen-bond donors (Lipinski definition) is 1. The molecule has 0 aliphatic heterocycles. The van der Waals surface area contributed by atoms with Crippen LogP contribution in [-0.4, -0.2) is 62.0 Å². The van der Waals surface area contributed by atoms with Crippen LogP contribution in [0.5, 0.6) is 0 Å². The average molecular weight is 299 g/mol. The summed E-state index contributed by atoms with van der Waals surface area (Å²) in [6, 6.07) is -0.0940. The molecule has 9 nitrogen and oxygen atoms in total. The standard InChI is InChI=1S/C12H21N5O4/c1-9(8-21-4)16(5-6-20-3)11-10(17(18)19)7-14-12(13-2)15-11/h7,9H,5-6,8H2,1-4H3,(H,13,14,15). The molecular formula is C12H21N5O4. The van der Waals surface area contributed by atoms with Gasteiger partial charge in [-0.25, -0.2) is 4.98 Å². The lowest BCUT2D eigenvalue weighted by Gasteiger charge is -2.29. The van der Waals surface area contributed by atoms with Crippen molar-refractivity contribution in [2.45, 2.75) is 13.0 Å². The SMILES string of the molecule is CNc1ncc([N+](=O)[O-])c(N(CCOC)C(C)COC)n1. The van der Waals surface area contributed by atoms with Crippen molar-refractivity contribution in [2.75, 3.05) is 51.2 Å². The Kier molecular flexibility index (Phi) is 6.76. The van der Waals surface area contributed by atoms with E-state index in [-0.39, 0.29) is 17.5 Å². The zero-order valence-electron chi connectivity index (χ0n) is 12.7. The highest BCUT2D eigenvalue weighted by atomic mass is 16.6. The van der Waals surface area contributed by atoms with Gasteiger partial charge in [0, 0.05) is 27.8 Å². The molecule has 0 saturated carbocycles. The minimum absolute atomic E-state index is 0.0940. The molecule has 9 heteroatoms. The predicted molar refractivity (Wildman–Crippen MR) is 78.8 cm³/mol. The second kappa shape index (κ2) is 8.32. The molecule has 0 bridgehead atoms. The normalized spacial score (nSPS) is 12.0. The molecular weight excluding hydrogens is 278 g/mol. The zero-order chi connectivity index (χ0) is 15.8. The lowest BCUT2D eigenvalue weighted by atomic mass is 10.2. The molecule has 0 saturated heterocycles. The van der Waals surface area contributed by atoms with Gasteiger partial charge in [0.2, 0.25) is 11.8 Å². The maximum Gasteiger partial charge on any atom is 0.329 e. The number of anilines is 2. The molecule has 0 aliphatic carbocycles. The molecule has 0 aliphatic rings. The van der Waals surface area contributed by atoms with E-state index in [0.29, 0.717) is 25.7 Å². The van der Waals surface area contributed by atoms with E-state index in [1.54, 1.807) is 26.2 Å². The highest BCUT2D eigenvalue weighted by molar-refractivity contribution is 5.59. The van der Waals surface area contributed by atoms with Crippen molar-refractivity contribution in [1.29, 1.82) is 0 Å². The van der Waals surface area contributed by atoms with Crippen molar-refractivity contribution in [1.82, 2.24) is 9.97 Å². The van der Waals surface area contributed by atoms with E-state index in [1.807, 2.05) is 6.92 Å². The second-order valence-electron chi connectivity index (χ2n) is 4.40. The number of aromatic nitrogens is 2. The van der Waals surface area contributed by atoms with Crippen molar-refractivity contribution in [3.63, 3.8) is 0 Å². The quantitative estimate of drug-likeness (QED) is 0.530. The fourth-order valence-corrected chi connectivity index (χ4v) is 1.88. The van der Waals surface area contributed by atoms with Crippen molar-refractivity contribution in [3.8, 4) is 0 Å². The van der Waals surface area contributed by atoms with Gasteiger partial charge in [-0.15, -0.1) is 0 Å². The van der Waals surface area contributed by atoms with Crippen molar-refractivity contribution >= 4 is 17.5 Å². The van der Waals surface area contributed by atoms with Gasteiger partial charge in [-0.2, -0.15) is 4.98 Å². The first-order valence-corrected chi connectivity index (χ1v) is 6.48. The Labute approximate surface area is 123 Å². The molecule has 0 amide bonds. The van der Waals surface area contributed by atoms with Gasteiger partial charge in [0.05, 0.1) is 24.2 Å². The summed E-state index contributed by atoms with van der Waals surface area (Å²) < 4.78 is 10.2. The maximum atomic E-state index is 11.2. The van der Waals surface area contributed by atoms with Gasteiger partial charge in [0.15, 0.2) is 0 Å². The number of nitro groups is 1. The number of methoxy groups -OCH3 is 2. The predicted octanol–water partition coefficient (Wildman–Crippen LogP) is 0.914. The van der Waals surface area contributed by atoms with E-state index in [2.05, 4.69) is 15.3 Å². The van der Waals surface area contributed by atoms with E-state index in [1.165, 1.54) is 6.20 Å². The van der Waals surface area contributed by atoms with Crippen LogP contribution in [0.3, 0.4) is 0 Å². The maximum absolute atomic E-state index is 11.2. The molecule has 1 aromatic rings. The molecule has 21 heavy (non-hydrogen) atoms. The van der Waals surface area contributed by atoms with E-state index in [4.69, 9.17) is 9.47 Å². The van der Waals surface area contributed by atoms with Gasteiger partial charge >= 0.3 is 5.69 Å². The number of rotatable bonds is 9. The van der Waals surface area contributed by atoms with Crippen LogP contribution >= 0.6 is 0 Å². The van der Waals surface area contributed by atoms with Crippen molar-refractivity contribution in [3.05, 3.63) is 16.3 Å².